The molecule has 0 saturated carbocycles. The van der Waals surface area contributed by atoms with Crippen LogP contribution < -0.4 is 16.8 Å². The molecule has 0 bridgehead atoms. The molecule has 106 valence electrons. The van der Waals surface area contributed by atoms with Crippen molar-refractivity contribution in [1.82, 2.24) is 5.32 Å². The van der Waals surface area contributed by atoms with Gasteiger partial charge in [0.25, 0.3) is 0 Å². The number of rotatable bonds is 8. The number of hydrogen-bond acceptors (Lipinski definition) is 3. The van der Waals surface area contributed by atoms with Crippen LogP contribution in [-0.2, 0) is 11.2 Å². The Morgan fingerprint density at radius 2 is 2.05 bits per heavy atom. The highest BCUT2D eigenvalue weighted by molar-refractivity contribution is 5.81. The summed E-state index contributed by atoms with van der Waals surface area (Å²) in [6.07, 6.45) is -4.31. The van der Waals surface area contributed by atoms with E-state index in [0.717, 1.165) is 5.56 Å². The van der Waals surface area contributed by atoms with Gasteiger partial charge in [0.05, 0.1) is 6.04 Å². The van der Waals surface area contributed by atoms with Crippen LogP contribution in [0, 0.1) is 0 Å². The SMILES string of the molecule is [2H]C([2H])(CN)C([2H])([2H])C[C@H](N)C(=O)N[C@@H](C)Cc1ccccc1. The van der Waals surface area contributed by atoms with Crippen LogP contribution in [-0.4, -0.2) is 24.5 Å². The van der Waals surface area contributed by atoms with Gasteiger partial charge in [-0.1, -0.05) is 36.7 Å². The molecule has 0 heterocycles. The van der Waals surface area contributed by atoms with Gasteiger partial charge < -0.3 is 16.8 Å². The summed E-state index contributed by atoms with van der Waals surface area (Å²) in [6.45, 7) is 1.37. The van der Waals surface area contributed by atoms with Crippen LogP contribution in [0.5, 0.6) is 0 Å². The van der Waals surface area contributed by atoms with Crippen molar-refractivity contribution in [1.29, 1.82) is 0 Å². The van der Waals surface area contributed by atoms with E-state index in [1.807, 2.05) is 37.3 Å². The topological polar surface area (TPSA) is 81.1 Å². The van der Waals surface area contributed by atoms with E-state index in [1.165, 1.54) is 0 Å². The fraction of sp³-hybridized carbons (Fsp3) is 0.533. The van der Waals surface area contributed by atoms with Crippen molar-refractivity contribution < 1.29 is 10.3 Å². The van der Waals surface area contributed by atoms with Crippen molar-refractivity contribution in [2.24, 2.45) is 11.5 Å². The van der Waals surface area contributed by atoms with Gasteiger partial charge in [-0.3, -0.25) is 4.79 Å². The number of nitrogens with one attached hydrogen (secondary N) is 1. The van der Waals surface area contributed by atoms with Gasteiger partial charge in [0, 0.05) is 11.5 Å². The first-order valence-electron chi connectivity index (χ1n) is 8.39. The third-order valence-electron chi connectivity index (χ3n) is 2.66. The van der Waals surface area contributed by atoms with Crippen LogP contribution in [0.25, 0.3) is 0 Å². The van der Waals surface area contributed by atoms with Crippen molar-refractivity contribution in [3.63, 3.8) is 0 Å². The van der Waals surface area contributed by atoms with E-state index in [2.05, 4.69) is 5.32 Å². The average Bonchev–Trinajstić information content (AvgIpc) is 2.47. The smallest absolute Gasteiger partial charge is 0.237 e. The fourth-order valence-electron chi connectivity index (χ4n) is 1.72. The molecule has 0 spiro atoms. The lowest BCUT2D eigenvalue weighted by atomic mass is 10.1. The maximum Gasteiger partial charge on any atom is 0.237 e. The second-order valence-corrected chi connectivity index (χ2v) is 4.47. The Labute approximate surface area is 121 Å². The zero-order valence-electron chi connectivity index (χ0n) is 15.2. The van der Waals surface area contributed by atoms with E-state index in [4.69, 9.17) is 17.0 Å². The number of nitrogens with two attached hydrogens (primary N) is 2. The monoisotopic (exact) mass is 267 g/mol. The zero-order chi connectivity index (χ0) is 17.7. The van der Waals surface area contributed by atoms with Crippen molar-refractivity contribution >= 4 is 5.91 Å². The molecule has 0 saturated heterocycles. The summed E-state index contributed by atoms with van der Waals surface area (Å²) in [5.74, 6) is -0.495. The lowest BCUT2D eigenvalue weighted by molar-refractivity contribution is -0.123. The summed E-state index contributed by atoms with van der Waals surface area (Å²) in [5.41, 5.74) is 12.1. The molecule has 1 aromatic carbocycles. The van der Waals surface area contributed by atoms with E-state index >= 15 is 0 Å². The molecule has 0 aliphatic heterocycles. The minimum absolute atomic E-state index is 0.159. The lowest BCUT2D eigenvalue weighted by Crippen LogP contribution is -2.45. The van der Waals surface area contributed by atoms with Gasteiger partial charge in [0.1, 0.15) is 0 Å². The lowest BCUT2D eigenvalue weighted by Gasteiger charge is -2.17. The highest BCUT2D eigenvalue weighted by Crippen LogP contribution is 2.04. The molecule has 1 aromatic rings. The Kier molecular flexibility index (Phi) is 4.75. The van der Waals surface area contributed by atoms with Gasteiger partial charge in [-0.25, -0.2) is 0 Å². The average molecular weight is 267 g/mol. The number of benzene rings is 1. The van der Waals surface area contributed by atoms with Crippen molar-refractivity contribution in [3.05, 3.63) is 35.9 Å². The molecule has 4 nitrogen and oxygen atoms in total. The largest absolute Gasteiger partial charge is 0.352 e. The van der Waals surface area contributed by atoms with E-state index in [9.17, 15) is 4.79 Å². The highest BCUT2D eigenvalue weighted by Gasteiger charge is 2.15. The van der Waals surface area contributed by atoms with Crippen LogP contribution in [0.1, 0.15) is 37.1 Å². The van der Waals surface area contributed by atoms with Gasteiger partial charge in [-0.15, -0.1) is 0 Å². The van der Waals surface area contributed by atoms with E-state index in [0.29, 0.717) is 6.42 Å². The first-order chi connectivity index (χ1) is 10.6. The second kappa shape index (κ2) is 8.67. The summed E-state index contributed by atoms with van der Waals surface area (Å²) in [5, 5.41) is 2.74. The van der Waals surface area contributed by atoms with Crippen LogP contribution in [0.2, 0.25) is 0 Å². The Balaban J connectivity index is 2.57. The summed E-state index contributed by atoms with van der Waals surface area (Å²) in [4.78, 5) is 12.1. The molecule has 1 amide bonds. The maximum absolute atomic E-state index is 12.1. The van der Waals surface area contributed by atoms with Crippen molar-refractivity contribution in [2.45, 2.75) is 44.6 Å². The molecule has 0 fully saturated rings. The van der Waals surface area contributed by atoms with E-state index < -0.39 is 37.7 Å². The van der Waals surface area contributed by atoms with Crippen molar-refractivity contribution in [2.75, 3.05) is 6.54 Å². The molecular formula is C15H25N3O. The van der Waals surface area contributed by atoms with Crippen LogP contribution in [0.3, 0.4) is 0 Å². The van der Waals surface area contributed by atoms with E-state index in [-0.39, 0.29) is 6.04 Å². The van der Waals surface area contributed by atoms with Crippen molar-refractivity contribution in [3.8, 4) is 0 Å². The minimum Gasteiger partial charge on any atom is -0.352 e. The third-order valence-corrected chi connectivity index (χ3v) is 2.66. The summed E-state index contributed by atoms with van der Waals surface area (Å²) >= 11 is 0. The predicted molar refractivity (Wildman–Crippen MR) is 78.6 cm³/mol. The maximum atomic E-state index is 12.1. The molecule has 0 aliphatic rings. The van der Waals surface area contributed by atoms with Gasteiger partial charge in [0.15, 0.2) is 0 Å². The Morgan fingerprint density at radius 1 is 1.37 bits per heavy atom. The molecule has 19 heavy (non-hydrogen) atoms. The fourth-order valence-corrected chi connectivity index (χ4v) is 1.72. The first kappa shape index (κ1) is 10.4. The summed E-state index contributed by atoms with van der Waals surface area (Å²) in [6, 6.07) is 8.36. The molecule has 0 aromatic heterocycles. The van der Waals surface area contributed by atoms with Crippen LogP contribution >= 0.6 is 0 Å². The van der Waals surface area contributed by atoms with Gasteiger partial charge in [-0.05, 0) is 38.2 Å². The molecule has 0 radical (unpaired) electrons. The number of carbonyl (C=O) groups excluding carboxylic acids is 1. The third kappa shape index (κ3) is 6.36. The zero-order valence-corrected chi connectivity index (χ0v) is 11.2. The molecule has 0 aliphatic carbocycles. The highest BCUT2D eigenvalue weighted by atomic mass is 16.2. The summed E-state index contributed by atoms with van der Waals surface area (Å²) < 4.78 is 30.7. The number of amides is 1. The molecule has 4 heteroatoms. The van der Waals surface area contributed by atoms with Gasteiger partial charge >= 0.3 is 0 Å². The molecule has 0 unspecified atom stereocenters. The Morgan fingerprint density at radius 3 is 2.68 bits per heavy atom. The number of carbonyl (C=O) groups is 1. The first-order valence-corrected chi connectivity index (χ1v) is 6.39. The van der Waals surface area contributed by atoms with Gasteiger partial charge in [0.2, 0.25) is 5.91 Å². The van der Waals surface area contributed by atoms with Gasteiger partial charge in [-0.2, -0.15) is 0 Å². The summed E-state index contributed by atoms with van der Waals surface area (Å²) in [7, 11) is 0. The number of hydrogen-bond donors (Lipinski definition) is 3. The minimum atomic E-state index is -2.28. The predicted octanol–water partition coefficient (Wildman–Crippen LogP) is 1.19. The molecule has 5 N–H and O–H groups in total. The van der Waals surface area contributed by atoms with Crippen LogP contribution in [0.15, 0.2) is 30.3 Å². The second-order valence-electron chi connectivity index (χ2n) is 4.47. The van der Waals surface area contributed by atoms with Crippen LogP contribution in [0.4, 0.5) is 0 Å². The normalized spacial score (nSPS) is 18.5. The standard InChI is InChI=1S/C15H25N3O/c1-12(11-13-7-3-2-4-8-13)18-15(19)14(17)9-5-6-10-16/h2-4,7-8,12,14H,5-6,9-11,16-17H2,1H3,(H,18,19)/t12-,14-/m0/s1/i5D2,6D2. The molecular weight excluding hydrogens is 238 g/mol. The Hall–Kier alpha value is -1.39. The Bertz CT molecular complexity index is 511. The molecule has 1 rings (SSSR count). The van der Waals surface area contributed by atoms with E-state index in [1.54, 1.807) is 0 Å². The quantitative estimate of drug-likeness (QED) is 0.662. The molecule has 2 atom stereocenters.